The van der Waals surface area contributed by atoms with E-state index >= 15 is 0 Å². The number of benzene rings is 2. The molecule has 6 nitrogen and oxygen atoms in total. The third-order valence-electron chi connectivity index (χ3n) is 7.34. The van der Waals surface area contributed by atoms with Gasteiger partial charge < -0.3 is 14.4 Å². The predicted molar refractivity (Wildman–Crippen MR) is 142 cm³/mol. The molecule has 1 saturated carbocycles. The van der Waals surface area contributed by atoms with Crippen LogP contribution in [0.25, 0.3) is 0 Å². The monoisotopic (exact) mass is 484 g/mol. The number of fused-ring (bicyclic) bond motifs is 1. The lowest BCUT2D eigenvalue weighted by atomic mass is 10.0. The Morgan fingerprint density at radius 1 is 0.861 bits per heavy atom. The highest BCUT2D eigenvalue weighted by molar-refractivity contribution is 5.98. The van der Waals surface area contributed by atoms with Crippen LogP contribution in [0.2, 0.25) is 0 Å². The predicted octanol–water partition coefficient (Wildman–Crippen LogP) is 5.67. The summed E-state index contributed by atoms with van der Waals surface area (Å²) >= 11 is 0. The van der Waals surface area contributed by atoms with Gasteiger partial charge in [-0.05, 0) is 48.9 Å². The fraction of sp³-hybridized carbons (Fsp3) is 0.433. The fourth-order valence-corrected chi connectivity index (χ4v) is 5.16. The van der Waals surface area contributed by atoms with Crippen LogP contribution in [-0.2, 0) is 17.9 Å². The summed E-state index contributed by atoms with van der Waals surface area (Å²) in [6.07, 6.45) is 14.1. The number of nitrogens with zero attached hydrogens (tertiary/aromatic N) is 4. The highest BCUT2D eigenvalue weighted by Crippen LogP contribution is 2.34. The van der Waals surface area contributed by atoms with Crippen molar-refractivity contribution in [3.8, 4) is 0 Å². The van der Waals surface area contributed by atoms with Crippen LogP contribution in [0.5, 0.6) is 0 Å². The van der Waals surface area contributed by atoms with E-state index in [1.807, 2.05) is 57.0 Å². The smallest absolute Gasteiger partial charge is 0.254 e. The van der Waals surface area contributed by atoms with Crippen LogP contribution < -0.4 is 4.90 Å². The third-order valence-corrected chi connectivity index (χ3v) is 7.34. The largest absolute Gasteiger partial charge is 0.334 e. The maximum absolute atomic E-state index is 14.0. The summed E-state index contributed by atoms with van der Waals surface area (Å²) in [5, 5.41) is 0. The van der Waals surface area contributed by atoms with Crippen molar-refractivity contribution in [3.63, 3.8) is 0 Å². The maximum Gasteiger partial charge on any atom is 0.254 e. The van der Waals surface area contributed by atoms with E-state index in [-0.39, 0.29) is 17.7 Å². The van der Waals surface area contributed by atoms with Gasteiger partial charge in [-0.25, -0.2) is 4.98 Å². The van der Waals surface area contributed by atoms with Gasteiger partial charge in [-0.3, -0.25) is 9.59 Å². The molecule has 36 heavy (non-hydrogen) atoms. The lowest BCUT2D eigenvalue weighted by Crippen LogP contribution is -2.36. The molecule has 0 bridgehead atoms. The summed E-state index contributed by atoms with van der Waals surface area (Å²) in [5.74, 6) is 0.470. The molecule has 2 amide bonds. The molecule has 2 aromatic carbocycles. The molecule has 0 N–H and O–H groups in total. The Kier molecular flexibility index (Phi) is 7.79. The second-order valence-corrected chi connectivity index (χ2v) is 10.1. The number of hydrogen-bond donors (Lipinski definition) is 0. The van der Waals surface area contributed by atoms with Crippen LogP contribution in [0.4, 0.5) is 5.69 Å². The first-order valence-electron chi connectivity index (χ1n) is 13.4. The van der Waals surface area contributed by atoms with Crippen molar-refractivity contribution in [2.75, 3.05) is 18.0 Å². The van der Waals surface area contributed by atoms with E-state index in [1.54, 1.807) is 12.5 Å². The zero-order chi connectivity index (χ0) is 24.7. The average Bonchev–Trinajstić information content (AvgIpc) is 3.63. The Labute approximate surface area is 213 Å². The molecule has 0 unspecified atom stereocenters. The molecule has 1 aliphatic carbocycles. The van der Waals surface area contributed by atoms with Gasteiger partial charge in [-0.2, -0.15) is 0 Å². The molecule has 2 aliphatic rings. The van der Waals surface area contributed by atoms with Gasteiger partial charge in [0.1, 0.15) is 0 Å². The van der Waals surface area contributed by atoms with Crippen LogP contribution in [0, 0.1) is 5.92 Å². The number of amides is 2. The molecule has 1 fully saturated rings. The molecule has 0 saturated heterocycles. The van der Waals surface area contributed by atoms with Crippen molar-refractivity contribution < 1.29 is 9.59 Å². The van der Waals surface area contributed by atoms with Crippen molar-refractivity contribution in [2.24, 2.45) is 5.92 Å². The molecule has 5 rings (SSSR count). The standard InChI is InChI=1S/C30H36N4O2/c35-29(24-15-16-24)34-19-10-4-2-1-3-9-18-33(22-26-12-6-8-14-28(26)34)30(36)27-13-7-5-11-25(27)21-32-20-17-31-23-32/h5-8,11-14,17,20,23-24H,1-4,9-10,15-16,18-19,21-22H2. The Hall–Kier alpha value is -3.41. The number of carbonyl (C=O) groups excluding carboxylic acids is 2. The lowest BCUT2D eigenvalue weighted by Gasteiger charge is -2.29. The van der Waals surface area contributed by atoms with Crippen molar-refractivity contribution >= 4 is 17.5 Å². The van der Waals surface area contributed by atoms with Crippen LogP contribution in [0.15, 0.2) is 67.3 Å². The summed E-state index contributed by atoms with van der Waals surface area (Å²) in [4.78, 5) is 35.4. The van der Waals surface area contributed by atoms with E-state index in [9.17, 15) is 9.59 Å². The number of imidazole rings is 1. The SMILES string of the molecule is O=C(c1ccccc1Cn1ccnc1)N1CCCCCCCCN(C(=O)C2CC2)c2ccccc2C1. The zero-order valence-corrected chi connectivity index (χ0v) is 21.0. The molecule has 6 heteroatoms. The summed E-state index contributed by atoms with van der Waals surface area (Å²) < 4.78 is 1.99. The fourth-order valence-electron chi connectivity index (χ4n) is 5.16. The molecule has 2 heterocycles. The van der Waals surface area contributed by atoms with Crippen molar-refractivity contribution in [1.82, 2.24) is 14.5 Å². The Morgan fingerprint density at radius 3 is 2.36 bits per heavy atom. The minimum Gasteiger partial charge on any atom is -0.334 e. The molecule has 3 aromatic rings. The van der Waals surface area contributed by atoms with Crippen molar-refractivity contribution in [1.29, 1.82) is 0 Å². The quantitative estimate of drug-likeness (QED) is 0.479. The second-order valence-electron chi connectivity index (χ2n) is 10.1. The molecule has 1 aromatic heterocycles. The van der Waals surface area contributed by atoms with E-state index in [0.717, 1.165) is 67.4 Å². The first kappa shape index (κ1) is 24.3. The second kappa shape index (κ2) is 11.5. The topological polar surface area (TPSA) is 58.4 Å². The highest BCUT2D eigenvalue weighted by Gasteiger charge is 2.34. The van der Waals surface area contributed by atoms with E-state index < -0.39 is 0 Å². The zero-order valence-electron chi connectivity index (χ0n) is 21.0. The van der Waals surface area contributed by atoms with Gasteiger partial charge in [0.05, 0.1) is 6.33 Å². The highest BCUT2D eigenvalue weighted by atomic mass is 16.2. The minimum absolute atomic E-state index is 0.0514. The molecule has 0 radical (unpaired) electrons. The van der Waals surface area contributed by atoms with Crippen LogP contribution in [0.1, 0.15) is 72.9 Å². The van der Waals surface area contributed by atoms with Gasteiger partial charge in [0.15, 0.2) is 0 Å². The van der Waals surface area contributed by atoms with Gasteiger partial charge >= 0.3 is 0 Å². The molecular weight excluding hydrogens is 448 g/mol. The van der Waals surface area contributed by atoms with Gasteiger partial charge in [0.2, 0.25) is 5.91 Å². The maximum atomic E-state index is 14.0. The molecule has 1 aliphatic heterocycles. The summed E-state index contributed by atoms with van der Waals surface area (Å²) in [7, 11) is 0. The van der Waals surface area contributed by atoms with E-state index in [1.165, 1.54) is 12.8 Å². The van der Waals surface area contributed by atoms with E-state index in [0.29, 0.717) is 19.6 Å². The normalized spacial score (nSPS) is 17.4. The number of rotatable bonds is 4. The summed E-state index contributed by atoms with van der Waals surface area (Å²) in [5.41, 5.74) is 3.74. The first-order chi connectivity index (χ1) is 17.7. The van der Waals surface area contributed by atoms with Crippen LogP contribution in [0.3, 0.4) is 0 Å². The van der Waals surface area contributed by atoms with Crippen molar-refractivity contribution in [3.05, 3.63) is 83.9 Å². The van der Waals surface area contributed by atoms with E-state index in [2.05, 4.69) is 17.1 Å². The molecule has 0 spiro atoms. The summed E-state index contributed by atoms with van der Waals surface area (Å²) in [6, 6.07) is 16.1. The number of para-hydroxylation sites is 1. The van der Waals surface area contributed by atoms with Crippen molar-refractivity contribution in [2.45, 2.75) is 64.5 Å². The minimum atomic E-state index is 0.0514. The number of aromatic nitrogens is 2. The van der Waals surface area contributed by atoms with Gasteiger partial charge in [-0.1, -0.05) is 62.1 Å². The number of hydrogen-bond acceptors (Lipinski definition) is 3. The third kappa shape index (κ3) is 5.86. The summed E-state index contributed by atoms with van der Waals surface area (Å²) in [6.45, 7) is 2.58. The van der Waals surface area contributed by atoms with E-state index in [4.69, 9.17) is 0 Å². The average molecular weight is 485 g/mol. The Bertz CT molecular complexity index is 1170. The number of carbonyl (C=O) groups is 2. The van der Waals surface area contributed by atoms with Gasteiger partial charge in [0, 0.05) is 55.7 Å². The Balaban J connectivity index is 1.45. The van der Waals surface area contributed by atoms with Gasteiger partial charge in [0.25, 0.3) is 5.91 Å². The molecule has 0 atom stereocenters. The van der Waals surface area contributed by atoms with Crippen LogP contribution >= 0.6 is 0 Å². The molecular formula is C30H36N4O2. The molecule has 188 valence electrons. The Morgan fingerprint density at radius 2 is 1.58 bits per heavy atom. The lowest BCUT2D eigenvalue weighted by molar-refractivity contribution is -0.119. The van der Waals surface area contributed by atoms with Crippen LogP contribution in [-0.4, -0.2) is 39.4 Å². The number of anilines is 1. The first-order valence-corrected chi connectivity index (χ1v) is 13.4. The van der Waals surface area contributed by atoms with Gasteiger partial charge in [-0.15, -0.1) is 0 Å².